The molecular weight excluding hydrogens is 308 g/mol. The van der Waals surface area contributed by atoms with E-state index in [4.69, 9.17) is 5.11 Å². The van der Waals surface area contributed by atoms with E-state index >= 15 is 0 Å². The average Bonchev–Trinajstić information content (AvgIpc) is 2.94. The van der Waals surface area contributed by atoms with Gasteiger partial charge in [-0.25, -0.2) is 4.79 Å². The van der Waals surface area contributed by atoms with Crippen LogP contribution in [0.5, 0.6) is 0 Å². The van der Waals surface area contributed by atoms with Crippen LogP contribution in [0.1, 0.15) is 39.5 Å². The van der Waals surface area contributed by atoms with Crippen LogP contribution >= 0.6 is 0 Å². The second kappa shape index (κ2) is 7.27. The van der Waals surface area contributed by atoms with E-state index in [0.717, 1.165) is 32.5 Å². The Balaban J connectivity index is 1.45. The lowest BCUT2D eigenvalue weighted by atomic mass is 9.85. The highest BCUT2D eigenvalue weighted by molar-refractivity contribution is 5.75. The van der Waals surface area contributed by atoms with Gasteiger partial charge in [0.05, 0.1) is 6.54 Å². The Hall–Kier alpha value is -1.34. The van der Waals surface area contributed by atoms with Gasteiger partial charge in [0.2, 0.25) is 0 Å². The Kier molecular flexibility index (Phi) is 5.30. The van der Waals surface area contributed by atoms with E-state index in [1.807, 2.05) is 16.7 Å². The summed E-state index contributed by atoms with van der Waals surface area (Å²) in [5.41, 5.74) is 0. The van der Waals surface area contributed by atoms with Gasteiger partial charge in [-0.15, -0.1) is 0 Å². The molecule has 2 unspecified atom stereocenters. The molecule has 1 saturated carbocycles. The lowest BCUT2D eigenvalue weighted by molar-refractivity contribution is -0.139. The molecule has 0 aromatic rings. The minimum absolute atomic E-state index is 0.0544. The Bertz CT molecular complexity index is 480. The maximum Gasteiger partial charge on any atom is 0.317 e. The molecule has 2 heterocycles. The standard InChI is InChI=1S/C17H30N4O3/c1-3-19(11-16(22)23)15-7-13(8-15)18-17(24)21-10-14-5-4-6-20(14)9-12(21)2/h12-15H,3-11H2,1-2H3,(H,18,24)(H,22,23). The van der Waals surface area contributed by atoms with Gasteiger partial charge in [-0.2, -0.15) is 0 Å². The molecule has 7 nitrogen and oxygen atoms in total. The summed E-state index contributed by atoms with van der Waals surface area (Å²) in [7, 11) is 0. The summed E-state index contributed by atoms with van der Waals surface area (Å²) >= 11 is 0. The molecule has 136 valence electrons. The number of carboxylic acid groups (broad SMARTS) is 1. The molecule has 2 aliphatic heterocycles. The van der Waals surface area contributed by atoms with Gasteiger partial charge < -0.3 is 15.3 Å². The molecule has 2 amide bonds. The summed E-state index contributed by atoms with van der Waals surface area (Å²) in [6.45, 7) is 7.92. The van der Waals surface area contributed by atoms with E-state index in [2.05, 4.69) is 17.1 Å². The molecule has 0 aromatic heterocycles. The first-order valence-electron chi connectivity index (χ1n) is 9.25. The molecule has 2 saturated heterocycles. The number of aliphatic carboxylic acids is 1. The van der Waals surface area contributed by atoms with Crippen molar-refractivity contribution in [3.8, 4) is 0 Å². The van der Waals surface area contributed by atoms with Gasteiger partial charge in [-0.05, 0) is 45.7 Å². The third kappa shape index (κ3) is 3.67. The van der Waals surface area contributed by atoms with Crippen molar-refractivity contribution >= 4 is 12.0 Å². The minimum atomic E-state index is -0.785. The van der Waals surface area contributed by atoms with Crippen LogP contribution in [0.3, 0.4) is 0 Å². The topological polar surface area (TPSA) is 76.1 Å². The molecule has 0 aromatic carbocycles. The normalized spacial score (nSPS) is 33.2. The number of hydrogen-bond acceptors (Lipinski definition) is 4. The van der Waals surface area contributed by atoms with E-state index in [1.54, 1.807) is 0 Å². The number of likely N-dealkylation sites (N-methyl/N-ethyl adjacent to an activating group) is 1. The van der Waals surface area contributed by atoms with Crippen LogP contribution in [0.15, 0.2) is 0 Å². The zero-order valence-electron chi connectivity index (χ0n) is 14.8. The highest BCUT2D eigenvalue weighted by Gasteiger charge is 2.39. The van der Waals surface area contributed by atoms with Gasteiger partial charge in [0.25, 0.3) is 0 Å². The molecule has 0 bridgehead atoms. The van der Waals surface area contributed by atoms with Crippen molar-refractivity contribution in [3.05, 3.63) is 0 Å². The first-order chi connectivity index (χ1) is 11.5. The summed E-state index contributed by atoms with van der Waals surface area (Å²) in [6, 6.07) is 1.31. The third-order valence-corrected chi connectivity index (χ3v) is 5.90. The summed E-state index contributed by atoms with van der Waals surface area (Å²) < 4.78 is 0. The number of urea groups is 1. The zero-order valence-corrected chi connectivity index (χ0v) is 14.8. The number of hydrogen-bond donors (Lipinski definition) is 2. The number of fused-ring (bicyclic) bond motifs is 1. The molecule has 3 fully saturated rings. The summed E-state index contributed by atoms with van der Waals surface area (Å²) in [5.74, 6) is -0.785. The minimum Gasteiger partial charge on any atom is -0.480 e. The van der Waals surface area contributed by atoms with Crippen molar-refractivity contribution in [2.75, 3.05) is 32.7 Å². The number of carboxylic acids is 1. The van der Waals surface area contributed by atoms with Crippen LogP contribution in [-0.4, -0.2) is 88.7 Å². The summed E-state index contributed by atoms with van der Waals surface area (Å²) in [5, 5.41) is 12.1. The highest BCUT2D eigenvalue weighted by atomic mass is 16.4. The van der Waals surface area contributed by atoms with Crippen LogP contribution in [0.25, 0.3) is 0 Å². The molecule has 7 heteroatoms. The average molecular weight is 338 g/mol. The molecule has 1 aliphatic carbocycles. The number of nitrogens with zero attached hydrogens (tertiary/aromatic N) is 3. The predicted octanol–water partition coefficient (Wildman–Crippen LogP) is 0.802. The van der Waals surface area contributed by atoms with Crippen molar-refractivity contribution in [3.63, 3.8) is 0 Å². The Labute approximate surface area is 144 Å². The fraction of sp³-hybridized carbons (Fsp3) is 0.882. The molecule has 0 spiro atoms. The van der Waals surface area contributed by atoms with Crippen LogP contribution in [0.4, 0.5) is 4.79 Å². The fourth-order valence-electron chi connectivity index (χ4n) is 4.40. The third-order valence-electron chi connectivity index (χ3n) is 5.90. The quantitative estimate of drug-likeness (QED) is 0.776. The maximum atomic E-state index is 12.6. The predicted molar refractivity (Wildman–Crippen MR) is 91.0 cm³/mol. The molecule has 24 heavy (non-hydrogen) atoms. The van der Waals surface area contributed by atoms with E-state index in [1.165, 1.54) is 19.4 Å². The smallest absolute Gasteiger partial charge is 0.317 e. The first-order valence-corrected chi connectivity index (χ1v) is 9.25. The molecule has 3 aliphatic rings. The summed E-state index contributed by atoms with van der Waals surface area (Å²) in [6.07, 6.45) is 4.14. The maximum absolute atomic E-state index is 12.6. The van der Waals surface area contributed by atoms with Gasteiger partial charge in [0, 0.05) is 37.3 Å². The van der Waals surface area contributed by atoms with Crippen molar-refractivity contribution in [2.45, 2.75) is 63.7 Å². The van der Waals surface area contributed by atoms with Crippen molar-refractivity contribution in [2.24, 2.45) is 0 Å². The largest absolute Gasteiger partial charge is 0.480 e. The Morgan fingerprint density at radius 3 is 2.71 bits per heavy atom. The van der Waals surface area contributed by atoms with Gasteiger partial charge in [0.1, 0.15) is 0 Å². The molecule has 2 N–H and O–H groups in total. The Morgan fingerprint density at radius 1 is 1.29 bits per heavy atom. The lowest BCUT2D eigenvalue weighted by Crippen LogP contribution is -2.62. The van der Waals surface area contributed by atoms with Crippen LogP contribution in [-0.2, 0) is 4.79 Å². The van der Waals surface area contributed by atoms with E-state index in [9.17, 15) is 9.59 Å². The van der Waals surface area contributed by atoms with Crippen LogP contribution < -0.4 is 5.32 Å². The highest BCUT2D eigenvalue weighted by Crippen LogP contribution is 2.27. The van der Waals surface area contributed by atoms with Gasteiger partial charge >= 0.3 is 12.0 Å². The number of nitrogens with one attached hydrogen (secondary N) is 1. The van der Waals surface area contributed by atoms with Gasteiger partial charge in [0.15, 0.2) is 0 Å². The lowest BCUT2D eigenvalue weighted by Gasteiger charge is -2.45. The Morgan fingerprint density at radius 2 is 2.04 bits per heavy atom. The van der Waals surface area contributed by atoms with Gasteiger partial charge in [-0.3, -0.25) is 14.6 Å². The van der Waals surface area contributed by atoms with E-state index < -0.39 is 5.97 Å². The van der Waals surface area contributed by atoms with Crippen molar-refractivity contribution in [1.82, 2.24) is 20.0 Å². The van der Waals surface area contributed by atoms with Crippen molar-refractivity contribution in [1.29, 1.82) is 0 Å². The second-order valence-electron chi connectivity index (χ2n) is 7.52. The SMILES string of the molecule is CCN(CC(=O)O)C1CC(NC(=O)N2CC3CCCN3CC2C)C1. The number of piperazine rings is 1. The van der Waals surface area contributed by atoms with Crippen molar-refractivity contribution < 1.29 is 14.7 Å². The van der Waals surface area contributed by atoms with Gasteiger partial charge in [-0.1, -0.05) is 6.92 Å². The number of amides is 2. The fourth-order valence-corrected chi connectivity index (χ4v) is 4.40. The van der Waals surface area contributed by atoms with E-state index in [0.29, 0.717) is 6.04 Å². The molecule has 2 atom stereocenters. The summed E-state index contributed by atoms with van der Waals surface area (Å²) in [4.78, 5) is 30.0. The number of rotatable bonds is 5. The molecule has 0 radical (unpaired) electrons. The monoisotopic (exact) mass is 338 g/mol. The number of carbonyl (C=O) groups excluding carboxylic acids is 1. The van der Waals surface area contributed by atoms with Crippen LogP contribution in [0, 0.1) is 0 Å². The van der Waals surface area contributed by atoms with E-state index in [-0.39, 0.29) is 30.7 Å². The van der Waals surface area contributed by atoms with Crippen LogP contribution in [0.2, 0.25) is 0 Å². The number of carbonyl (C=O) groups is 2. The first kappa shape index (κ1) is 17.5. The molecular formula is C17H30N4O3. The second-order valence-corrected chi connectivity index (χ2v) is 7.52. The zero-order chi connectivity index (χ0) is 17.3. The molecule has 3 rings (SSSR count).